The molecule has 146 valence electrons. The van der Waals surface area contributed by atoms with Crippen molar-refractivity contribution in [3.63, 3.8) is 0 Å². The highest BCUT2D eigenvalue weighted by Crippen LogP contribution is 2.12. The molecule has 0 aliphatic heterocycles. The molecule has 8 heteroatoms. The second-order valence-electron chi connectivity index (χ2n) is 6.14. The van der Waals surface area contributed by atoms with Crippen molar-refractivity contribution in [2.45, 2.75) is 32.9 Å². The fraction of sp³-hybridized carbons (Fsp3) is 0.250. The molecule has 0 fully saturated rings. The molecule has 1 atom stereocenters. The van der Waals surface area contributed by atoms with E-state index in [0.717, 1.165) is 10.4 Å². The molecular weight excluding hydrogens is 365 g/mol. The summed E-state index contributed by atoms with van der Waals surface area (Å²) in [6.45, 7) is 3.87. The lowest BCUT2D eigenvalue weighted by Gasteiger charge is -2.16. The Balaban J connectivity index is 1.71. The number of furan rings is 1. The molecule has 2 heterocycles. The van der Waals surface area contributed by atoms with Gasteiger partial charge in [-0.15, -0.1) is 5.10 Å². The number of nitrogens with zero attached hydrogens (tertiary/aromatic N) is 2. The maximum absolute atomic E-state index is 13.1. The fourth-order valence-corrected chi connectivity index (χ4v) is 2.56. The van der Waals surface area contributed by atoms with Crippen molar-refractivity contribution in [3.8, 4) is 11.6 Å². The highest BCUT2D eigenvalue weighted by molar-refractivity contribution is 5.80. The summed E-state index contributed by atoms with van der Waals surface area (Å²) in [6.07, 6.45) is -0.386. The van der Waals surface area contributed by atoms with E-state index in [2.05, 4.69) is 10.4 Å². The van der Waals surface area contributed by atoms with Crippen LogP contribution in [0.5, 0.6) is 5.88 Å². The van der Waals surface area contributed by atoms with Gasteiger partial charge in [-0.2, -0.15) is 4.68 Å². The lowest BCUT2D eigenvalue weighted by atomic mass is 10.2. The van der Waals surface area contributed by atoms with Crippen molar-refractivity contribution in [2.24, 2.45) is 0 Å². The van der Waals surface area contributed by atoms with E-state index in [0.29, 0.717) is 17.9 Å². The Kier molecular flexibility index (Phi) is 5.88. The number of halogens is 1. The van der Waals surface area contributed by atoms with Gasteiger partial charge in [-0.05, 0) is 49.7 Å². The smallest absolute Gasteiger partial charge is 0.271 e. The molecule has 0 aliphatic carbocycles. The number of aryl methyl sites for hydroxylation is 1. The zero-order valence-electron chi connectivity index (χ0n) is 15.5. The van der Waals surface area contributed by atoms with Gasteiger partial charge in [-0.3, -0.25) is 9.59 Å². The second-order valence-corrected chi connectivity index (χ2v) is 6.14. The third-order valence-electron chi connectivity index (χ3n) is 4.01. The first kappa shape index (κ1) is 19.3. The van der Waals surface area contributed by atoms with Crippen molar-refractivity contribution >= 4 is 5.91 Å². The van der Waals surface area contributed by atoms with E-state index < -0.39 is 17.5 Å². The Labute approximate surface area is 160 Å². The molecule has 1 aromatic carbocycles. The van der Waals surface area contributed by atoms with E-state index in [9.17, 15) is 14.0 Å². The van der Waals surface area contributed by atoms with Gasteiger partial charge in [-0.25, -0.2) is 4.39 Å². The molecule has 0 unspecified atom stereocenters. The summed E-state index contributed by atoms with van der Waals surface area (Å²) < 4.78 is 25.3. The predicted octanol–water partition coefficient (Wildman–Crippen LogP) is 2.75. The van der Waals surface area contributed by atoms with Crippen LogP contribution in [0.4, 0.5) is 4.39 Å². The summed E-state index contributed by atoms with van der Waals surface area (Å²) in [4.78, 5) is 24.5. The SMILES string of the molecule is CC[C@H](Oc1ccc(=O)n(-c2ccc(F)cc2)n1)C(=O)NCc1ccc(C)o1. The molecule has 0 aliphatic rings. The van der Waals surface area contributed by atoms with Crippen LogP contribution in [0.15, 0.2) is 57.7 Å². The Morgan fingerprint density at radius 3 is 2.61 bits per heavy atom. The molecule has 2 aromatic heterocycles. The highest BCUT2D eigenvalue weighted by atomic mass is 19.1. The first-order valence-electron chi connectivity index (χ1n) is 8.82. The normalized spacial score (nSPS) is 11.8. The van der Waals surface area contributed by atoms with Gasteiger partial charge < -0.3 is 14.5 Å². The van der Waals surface area contributed by atoms with Crippen molar-refractivity contribution in [1.82, 2.24) is 15.1 Å². The van der Waals surface area contributed by atoms with Crippen molar-refractivity contribution in [3.05, 3.63) is 76.2 Å². The average molecular weight is 385 g/mol. The molecular formula is C20H20FN3O4. The van der Waals surface area contributed by atoms with Gasteiger partial charge in [0.2, 0.25) is 5.88 Å². The predicted molar refractivity (Wildman–Crippen MR) is 99.8 cm³/mol. The summed E-state index contributed by atoms with van der Waals surface area (Å²) in [5, 5.41) is 6.88. The molecule has 0 spiro atoms. The number of hydrogen-bond acceptors (Lipinski definition) is 5. The third kappa shape index (κ3) is 4.64. The standard InChI is InChI=1S/C20H20FN3O4/c1-3-17(20(26)22-12-16-9-4-13(2)27-16)28-18-10-11-19(25)24(23-18)15-7-5-14(21)6-8-15/h4-11,17H,3,12H2,1-2H3,(H,22,26)/t17-/m0/s1. The van der Waals surface area contributed by atoms with Crippen LogP contribution < -0.4 is 15.6 Å². The van der Waals surface area contributed by atoms with E-state index >= 15 is 0 Å². The average Bonchev–Trinajstić information content (AvgIpc) is 3.11. The van der Waals surface area contributed by atoms with Gasteiger partial charge in [0.15, 0.2) is 6.10 Å². The summed E-state index contributed by atoms with van der Waals surface area (Å²) in [6, 6.07) is 11.6. The summed E-state index contributed by atoms with van der Waals surface area (Å²) in [5.41, 5.74) is -0.00723. The molecule has 0 saturated carbocycles. The molecule has 28 heavy (non-hydrogen) atoms. The zero-order chi connectivity index (χ0) is 20.1. The maximum atomic E-state index is 13.1. The van der Waals surface area contributed by atoms with Gasteiger partial charge >= 0.3 is 0 Å². The topological polar surface area (TPSA) is 86.4 Å². The van der Waals surface area contributed by atoms with Crippen LogP contribution in [-0.4, -0.2) is 21.8 Å². The number of ether oxygens (including phenoxy) is 1. The zero-order valence-corrected chi connectivity index (χ0v) is 15.5. The fourth-order valence-electron chi connectivity index (χ4n) is 2.56. The quantitative estimate of drug-likeness (QED) is 0.676. The van der Waals surface area contributed by atoms with E-state index in [1.165, 1.54) is 36.4 Å². The first-order valence-corrected chi connectivity index (χ1v) is 8.82. The lowest BCUT2D eigenvalue weighted by molar-refractivity contribution is -0.128. The molecule has 0 radical (unpaired) electrons. The number of hydrogen-bond donors (Lipinski definition) is 1. The van der Waals surface area contributed by atoms with Gasteiger partial charge in [0.05, 0.1) is 12.2 Å². The van der Waals surface area contributed by atoms with Gasteiger partial charge in [-0.1, -0.05) is 6.92 Å². The largest absolute Gasteiger partial charge is 0.465 e. The van der Waals surface area contributed by atoms with Crippen LogP contribution in [0, 0.1) is 12.7 Å². The molecule has 0 saturated heterocycles. The monoisotopic (exact) mass is 385 g/mol. The summed E-state index contributed by atoms with van der Waals surface area (Å²) >= 11 is 0. The second kappa shape index (κ2) is 8.51. The number of rotatable bonds is 7. The maximum Gasteiger partial charge on any atom is 0.271 e. The van der Waals surface area contributed by atoms with Gasteiger partial charge in [0.1, 0.15) is 17.3 Å². The van der Waals surface area contributed by atoms with E-state index in [-0.39, 0.29) is 18.3 Å². The van der Waals surface area contributed by atoms with Crippen molar-refractivity contribution in [1.29, 1.82) is 0 Å². The van der Waals surface area contributed by atoms with Crippen molar-refractivity contribution < 1.29 is 18.3 Å². The van der Waals surface area contributed by atoms with E-state index in [4.69, 9.17) is 9.15 Å². The number of carbonyl (C=O) groups is 1. The molecule has 1 amide bonds. The number of carbonyl (C=O) groups excluding carboxylic acids is 1. The Morgan fingerprint density at radius 2 is 1.96 bits per heavy atom. The minimum absolute atomic E-state index is 0.111. The van der Waals surface area contributed by atoms with Crippen LogP contribution in [0.25, 0.3) is 5.69 Å². The summed E-state index contributed by atoms with van der Waals surface area (Å²) in [5.74, 6) is 0.778. The van der Waals surface area contributed by atoms with Crippen LogP contribution in [0.2, 0.25) is 0 Å². The first-order chi connectivity index (χ1) is 13.5. The molecule has 0 bridgehead atoms. The molecule has 7 nitrogen and oxygen atoms in total. The van der Waals surface area contributed by atoms with Crippen molar-refractivity contribution in [2.75, 3.05) is 0 Å². The van der Waals surface area contributed by atoms with Gasteiger partial charge in [0, 0.05) is 12.1 Å². The number of aromatic nitrogens is 2. The number of benzene rings is 1. The number of nitrogens with one attached hydrogen (secondary N) is 1. The van der Waals surface area contributed by atoms with E-state index in [1.807, 2.05) is 13.0 Å². The van der Waals surface area contributed by atoms with Gasteiger partial charge in [0.25, 0.3) is 11.5 Å². The minimum Gasteiger partial charge on any atom is -0.465 e. The highest BCUT2D eigenvalue weighted by Gasteiger charge is 2.19. The summed E-state index contributed by atoms with van der Waals surface area (Å²) in [7, 11) is 0. The van der Waals surface area contributed by atoms with Crippen LogP contribution in [-0.2, 0) is 11.3 Å². The lowest BCUT2D eigenvalue weighted by Crippen LogP contribution is -2.38. The Bertz CT molecular complexity index is 1010. The minimum atomic E-state index is -0.789. The number of amides is 1. The Hall–Kier alpha value is -3.42. The van der Waals surface area contributed by atoms with Crippen LogP contribution in [0.1, 0.15) is 24.9 Å². The van der Waals surface area contributed by atoms with Crippen LogP contribution >= 0.6 is 0 Å². The third-order valence-corrected chi connectivity index (χ3v) is 4.01. The molecule has 3 aromatic rings. The van der Waals surface area contributed by atoms with E-state index in [1.54, 1.807) is 13.0 Å². The molecule has 1 N–H and O–H groups in total. The van der Waals surface area contributed by atoms with Crippen LogP contribution in [0.3, 0.4) is 0 Å². The molecule has 3 rings (SSSR count). The Morgan fingerprint density at radius 1 is 1.21 bits per heavy atom.